The topological polar surface area (TPSA) is 76.1 Å². The van der Waals surface area contributed by atoms with Crippen molar-refractivity contribution in [3.8, 4) is 11.1 Å². The summed E-state index contributed by atoms with van der Waals surface area (Å²) in [6.45, 7) is 0.979. The molecule has 1 saturated heterocycles. The molecule has 190 valence electrons. The Morgan fingerprint density at radius 1 is 0.973 bits per heavy atom. The lowest BCUT2D eigenvalue weighted by Gasteiger charge is -2.36. The zero-order chi connectivity index (χ0) is 25.6. The Morgan fingerprint density at radius 2 is 1.68 bits per heavy atom. The highest BCUT2D eigenvalue weighted by Gasteiger charge is 2.55. The zero-order valence-corrected chi connectivity index (χ0v) is 21.9. The van der Waals surface area contributed by atoms with Gasteiger partial charge in [-0.15, -0.1) is 0 Å². The van der Waals surface area contributed by atoms with E-state index in [2.05, 4.69) is 40.2 Å². The van der Waals surface area contributed by atoms with Gasteiger partial charge in [0.1, 0.15) is 13.2 Å². The van der Waals surface area contributed by atoms with Crippen LogP contribution in [0.25, 0.3) is 11.1 Å². The molecule has 0 radical (unpaired) electrons. The van der Waals surface area contributed by atoms with Crippen LogP contribution >= 0.6 is 15.9 Å². The van der Waals surface area contributed by atoms with E-state index in [-0.39, 0.29) is 37.1 Å². The van der Waals surface area contributed by atoms with Crippen LogP contribution in [0.15, 0.2) is 77.3 Å². The molecule has 3 aliphatic rings. The number of rotatable bonds is 6. The van der Waals surface area contributed by atoms with Gasteiger partial charge in [-0.3, -0.25) is 0 Å². The summed E-state index contributed by atoms with van der Waals surface area (Å²) in [6.07, 6.45) is 1.27. The van der Waals surface area contributed by atoms with Gasteiger partial charge in [0.25, 0.3) is 0 Å². The number of amides is 1. The Morgan fingerprint density at radius 3 is 2.35 bits per heavy atom. The number of benzene rings is 3. The fraction of sp³-hybridized carbons (Fsp3) is 0.333. The highest BCUT2D eigenvalue weighted by Crippen LogP contribution is 2.53. The molecule has 0 spiro atoms. The second-order valence-corrected chi connectivity index (χ2v) is 11.1. The number of hydrogen-bond donors (Lipinski definition) is 1. The molecule has 3 aromatic rings. The monoisotopic (exact) mass is 561 g/mol. The maximum absolute atomic E-state index is 13.3. The third kappa shape index (κ3) is 4.24. The van der Waals surface area contributed by atoms with Crippen LogP contribution in [0.2, 0.25) is 0 Å². The number of carbonyl (C=O) groups excluding carboxylic acids is 1. The van der Waals surface area contributed by atoms with Gasteiger partial charge in [-0.2, -0.15) is 0 Å². The zero-order valence-electron chi connectivity index (χ0n) is 20.3. The van der Waals surface area contributed by atoms with Crippen LogP contribution in [-0.2, 0) is 19.9 Å². The molecular weight excluding hydrogens is 534 g/mol. The maximum Gasteiger partial charge on any atom is 0.409 e. The normalized spacial score (nSPS) is 24.0. The Balaban J connectivity index is 1.19. The van der Waals surface area contributed by atoms with Gasteiger partial charge in [0.2, 0.25) is 0 Å². The summed E-state index contributed by atoms with van der Waals surface area (Å²) in [7, 11) is 0. The first-order valence-corrected chi connectivity index (χ1v) is 13.5. The van der Waals surface area contributed by atoms with Crippen molar-refractivity contribution in [3.05, 3.63) is 94.0 Å². The highest BCUT2D eigenvalue weighted by molar-refractivity contribution is 9.10. The molecule has 3 atom stereocenters. The second kappa shape index (κ2) is 9.62. The lowest BCUT2D eigenvalue weighted by Crippen LogP contribution is -2.40. The summed E-state index contributed by atoms with van der Waals surface area (Å²) in [5, 5.41) is 9.36. The van der Waals surface area contributed by atoms with Gasteiger partial charge >= 0.3 is 12.1 Å². The van der Waals surface area contributed by atoms with Crippen molar-refractivity contribution in [2.24, 2.45) is 11.8 Å². The fourth-order valence-corrected chi connectivity index (χ4v) is 7.07. The first-order valence-electron chi connectivity index (χ1n) is 12.7. The maximum atomic E-state index is 13.3. The van der Waals surface area contributed by atoms with E-state index < -0.39 is 11.6 Å². The van der Waals surface area contributed by atoms with Gasteiger partial charge in [-0.1, -0.05) is 76.6 Å². The minimum atomic E-state index is -0.996. The average molecular weight is 562 g/mol. The molecule has 0 aromatic heterocycles. The van der Waals surface area contributed by atoms with E-state index in [0.717, 1.165) is 22.9 Å². The molecule has 7 heteroatoms. The number of hydrogen-bond acceptors (Lipinski definition) is 4. The number of likely N-dealkylation sites (tertiary alicyclic amines) is 1. The molecular formula is C30H28BrNO5. The molecule has 1 amide bonds. The summed E-state index contributed by atoms with van der Waals surface area (Å²) in [5.74, 6) is -0.753. The van der Waals surface area contributed by atoms with Crippen LogP contribution in [0, 0.1) is 11.8 Å². The number of ether oxygens (including phenoxy) is 2. The first kappa shape index (κ1) is 24.2. The van der Waals surface area contributed by atoms with E-state index in [1.54, 1.807) is 4.90 Å². The molecule has 3 unspecified atom stereocenters. The molecule has 3 aromatic carbocycles. The third-order valence-electron chi connectivity index (χ3n) is 8.29. The Bertz CT molecular complexity index is 1310. The number of halogens is 1. The largest absolute Gasteiger partial charge is 0.480 e. The Kier molecular flexibility index (Phi) is 6.29. The average Bonchev–Trinajstić information content (AvgIpc) is 3.57. The molecule has 6 rings (SSSR count). The van der Waals surface area contributed by atoms with E-state index >= 15 is 0 Å². The van der Waals surface area contributed by atoms with Gasteiger partial charge in [0, 0.05) is 29.4 Å². The van der Waals surface area contributed by atoms with Crippen LogP contribution in [-0.4, -0.2) is 48.4 Å². The van der Waals surface area contributed by atoms with Crippen LogP contribution in [0.4, 0.5) is 4.79 Å². The van der Waals surface area contributed by atoms with Gasteiger partial charge in [-0.05, 0) is 58.7 Å². The predicted molar refractivity (Wildman–Crippen MR) is 142 cm³/mol. The van der Waals surface area contributed by atoms with Gasteiger partial charge in [-0.25, -0.2) is 9.59 Å². The molecule has 2 aliphatic carbocycles. The van der Waals surface area contributed by atoms with E-state index in [4.69, 9.17) is 9.47 Å². The van der Waals surface area contributed by atoms with Crippen LogP contribution in [0.1, 0.15) is 35.4 Å². The van der Waals surface area contributed by atoms with E-state index in [9.17, 15) is 14.7 Å². The van der Waals surface area contributed by atoms with Crippen molar-refractivity contribution in [2.45, 2.75) is 24.4 Å². The minimum Gasteiger partial charge on any atom is -0.480 e. The molecule has 1 saturated carbocycles. The van der Waals surface area contributed by atoms with Crippen molar-refractivity contribution in [2.75, 3.05) is 26.3 Å². The SMILES string of the molecule is O=C(O)COC1(c2cccc(Br)c2)CCC2CN(C(=O)OCC3c4ccccc4-c4ccccc43)CC21. The quantitative estimate of drug-likeness (QED) is 0.397. The number of fused-ring (bicyclic) bond motifs is 4. The van der Waals surface area contributed by atoms with Crippen molar-refractivity contribution in [3.63, 3.8) is 0 Å². The number of carbonyl (C=O) groups is 2. The smallest absolute Gasteiger partial charge is 0.409 e. The summed E-state index contributed by atoms with van der Waals surface area (Å²) >= 11 is 3.54. The summed E-state index contributed by atoms with van der Waals surface area (Å²) in [6, 6.07) is 24.5. The Labute approximate surface area is 224 Å². The Hall–Kier alpha value is -3.16. The molecule has 1 aliphatic heterocycles. The summed E-state index contributed by atoms with van der Waals surface area (Å²) < 4.78 is 13.0. The van der Waals surface area contributed by atoms with Crippen molar-refractivity contribution < 1.29 is 24.2 Å². The molecule has 1 heterocycles. The second-order valence-electron chi connectivity index (χ2n) is 10.2. The number of aliphatic carboxylic acids is 1. The molecule has 1 N–H and O–H groups in total. The number of carboxylic acids is 1. The van der Waals surface area contributed by atoms with Crippen molar-refractivity contribution in [1.82, 2.24) is 4.90 Å². The fourth-order valence-electron chi connectivity index (χ4n) is 6.67. The first-order chi connectivity index (χ1) is 18.0. The van der Waals surface area contributed by atoms with Crippen molar-refractivity contribution in [1.29, 1.82) is 0 Å². The van der Waals surface area contributed by atoms with Crippen molar-refractivity contribution >= 4 is 28.0 Å². The number of nitrogens with zero attached hydrogens (tertiary/aromatic N) is 1. The van der Waals surface area contributed by atoms with Crippen LogP contribution in [0.5, 0.6) is 0 Å². The summed E-state index contributed by atoms with van der Waals surface area (Å²) in [5.41, 5.74) is 4.97. The van der Waals surface area contributed by atoms with Crippen LogP contribution < -0.4 is 0 Å². The molecule has 2 fully saturated rings. The standard InChI is InChI=1S/C30H28BrNO5/c31-21-7-5-6-20(14-21)30(37-18-28(33)34)13-12-19-15-32(16-27(19)30)29(35)36-17-26-24-10-3-1-8-22(24)23-9-2-4-11-25(23)26/h1-11,14,19,26-27H,12-13,15-18H2,(H,33,34). The number of carboxylic acid groups (broad SMARTS) is 1. The lowest BCUT2D eigenvalue weighted by atomic mass is 9.82. The van der Waals surface area contributed by atoms with E-state index in [1.165, 1.54) is 22.3 Å². The van der Waals surface area contributed by atoms with E-state index in [1.807, 2.05) is 48.5 Å². The van der Waals surface area contributed by atoms with Gasteiger partial charge in [0.15, 0.2) is 0 Å². The highest BCUT2D eigenvalue weighted by atomic mass is 79.9. The predicted octanol–water partition coefficient (Wildman–Crippen LogP) is 6.04. The molecule has 6 nitrogen and oxygen atoms in total. The summed E-state index contributed by atoms with van der Waals surface area (Å²) in [4.78, 5) is 26.5. The molecule has 37 heavy (non-hydrogen) atoms. The van der Waals surface area contributed by atoms with E-state index in [0.29, 0.717) is 13.1 Å². The van der Waals surface area contributed by atoms with Gasteiger partial charge < -0.3 is 19.5 Å². The third-order valence-corrected chi connectivity index (χ3v) is 8.78. The minimum absolute atomic E-state index is 0.00151. The molecule has 0 bridgehead atoms. The van der Waals surface area contributed by atoms with Gasteiger partial charge in [0.05, 0.1) is 5.60 Å². The van der Waals surface area contributed by atoms with Crippen LogP contribution in [0.3, 0.4) is 0 Å². The lowest BCUT2D eigenvalue weighted by molar-refractivity contribution is -0.154.